The first kappa shape index (κ1) is 26.5. The number of anilines is 1. The summed E-state index contributed by atoms with van der Waals surface area (Å²) in [5.74, 6) is 0.901. The van der Waals surface area contributed by atoms with E-state index < -0.39 is 11.2 Å². The number of hydrogen-bond donors (Lipinski definition) is 1. The molecular weight excluding hydrogens is 466 g/mol. The summed E-state index contributed by atoms with van der Waals surface area (Å²) in [5.41, 5.74) is 0.938. The third-order valence-corrected chi connectivity index (χ3v) is 6.46. The van der Waals surface area contributed by atoms with Gasteiger partial charge in [0.2, 0.25) is 5.91 Å². The first-order chi connectivity index (χ1) is 16.3. The van der Waals surface area contributed by atoms with Gasteiger partial charge >= 0.3 is 5.69 Å². The average molecular weight is 500 g/mol. The Morgan fingerprint density at radius 2 is 1.89 bits per heavy atom. The summed E-state index contributed by atoms with van der Waals surface area (Å²) in [7, 11) is 3.00. The lowest BCUT2D eigenvalue weighted by Gasteiger charge is -2.21. The van der Waals surface area contributed by atoms with Crippen molar-refractivity contribution >= 4 is 34.4 Å². The monoisotopic (exact) mass is 499 g/mol. The average Bonchev–Trinajstić information content (AvgIpc) is 2.77. The van der Waals surface area contributed by atoms with E-state index in [1.165, 1.54) is 11.6 Å². The molecule has 0 aliphatic carbocycles. The highest BCUT2D eigenvalue weighted by atomic mass is 32.2. The summed E-state index contributed by atoms with van der Waals surface area (Å²) in [6.07, 6.45) is 0. The molecule has 1 aromatic carbocycles. The van der Waals surface area contributed by atoms with Gasteiger partial charge in [-0.1, -0.05) is 52.4 Å². The molecule has 0 unspecified atom stereocenters. The van der Waals surface area contributed by atoms with E-state index in [1.54, 1.807) is 14.0 Å². The van der Waals surface area contributed by atoms with Crippen LogP contribution >= 0.6 is 11.8 Å². The zero-order valence-corrected chi connectivity index (χ0v) is 22.4. The molecule has 0 radical (unpaired) electrons. The Balaban J connectivity index is 1.95. The molecule has 0 saturated heterocycles. The van der Waals surface area contributed by atoms with Gasteiger partial charge in [0.05, 0.1) is 18.6 Å². The number of fused-ring (bicyclic) bond motifs is 1. The van der Waals surface area contributed by atoms with E-state index in [1.807, 2.05) is 32.0 Å². The van der Waals surface area contributed by atoms with E-state index in [9.17, 15) is 14.4 Å². The summed E-state index contributed by atoms with van der Waals surface area (Å²) in [6.45, 7) is 12.4. The number of nitrogens with zero attached hydrogens (tertiary/aromatic N) is 4. The molecule has 0 fully saturated rings. The van der Waals surface area contributed by atoms with Crippen LogP contribution in [0.2, 0.25) is 0 Å². The molecule has 0 aliphatic heterocycles. The van der Waals surface area contributed by atoms with Gasteiger partial charge in [-0.05, 0) is 36.0 Å². The lowest BCUT2D eigenvalue weighted by molar-refractivity contribution is -0.113. The van der Waals surface area contributed by atoms with E-state index in [-0.39, 0.29) is 28.4 Å². The molecule has 10 heteroatoms. The van der Waals surface area contributed by atoms with Crippen LogP contribution < -0.4 is 21.3 Å². The van der Waals surface area contributed by atoms with Gasteiger partial charge < -0.3 is 10.1 Å². The number of carbonyl (C=O) groups is 1. The van der Waals surface area contributed by atoms with E-state index in [0.717, 1.165) is 21.9 Å². The SMILES string of the molecule is COc1ccc(C(C)(C)C)cc1NC(=O)CSc1nc(C)nc2c1c(=O)n(C)c(=O)n2CC(C)C. The molecule has 35 heavy (non-hydrogen) atoms. The van der Waals surface area contributed by atoms with Crippen LogP contribution in [0.5, 0.6) is 5.75 Å². The molecule has 2 heterocycles. The minimum atomic E-state index is -0.479. The van der Waals surface area contributed by atoms with E-state index in [4.69, 9.17) is 4.74 Å². The van der Waals surface area contributed by atoms with Crippen molar-refractivity contribution in [3.63, 3.8) is 0 Å². The Morgan fingerprint density at radius 3 is 2.49 bits per heavy atom. The van der Waals surface area contributed by atoms with Crippen LogP contribution in [0.15, 0.2) is 32.8 Å². The molecule has 188 valence electrons. The second-order valence-electron chi connectivity index (χ2n) is 9.93. The van der Waals surface area contributed by atoms with E-state index in [2.05, 4.69) is 36.1 Å². The van der Waals surface area contributed by atoms with Crippen molar-refractivity contribution < 1.29 is 9.53 Å². The smallest absolute Gasteiger partial charge is 0.332 e. The maximum Gasteiger partial charge on any atom is 0.332 e. The molecule has 3 rings (SSSR count). The van der Waals surface area contributed by atoms with Crippen LogP contribution in [0.4, 0.5) is 5.69 Å². The van der Waals surface area contributed by atoms with E-state index in [0.29, 0.717) is 34.5 Å². The number of ether oxygens (including phenoxy) is 1. The lowest BCUT2D eigenvalue weighted by atomic mass is 9.87. The fourth-order valence-electron chi connectivity index (χ4n) is 3.67. The van der Waals surface area contributed by atoms with Crippen molar-refractivity contribution in [1.82, 2.24) is 19.1 Å². The normalized spacial score (nSPS) is 11.8. The van der Waals surface area contributed by atoms with Gasteiger partial charge in [-0.15, -0.1) is 0 Å². The zero-order valence-electron chi connectivity index (χ0n) is 21.6. The van der Waals surface area contributed by atoms with Crippen LogP contribution in [0, 0.1) is 12.8 Å². The predicted octanol–water partition coefficient (Wildman–Crippen LogP) is 3.49. The molecule has 0 aliphatic rings. The highest BCUT2D eigenvalue weighted by Gasteiger charge is 2.20. The molecule has 3 aromatic rings. The first-order valence-corrected chi connectivity index (χ1v) is 12.4. The maximum absolute atomic E-state index is 13.0. The van der Waals surface area contributed by atoms with Crippen LogP contribution in [0.3, 0.4) is 0 Å². The highest BCUT2D eigenvalue weighted by molar-refractivity contribution is 8.00. The number of benzene rings is 1. The maximum atomic E-state index is 13.0. The molecule has 0 atom stereocenters. The Kier molecular flexibility index (Phi) is 7.74. The molecule has 1 N–H and O–H groups in total. The van der Waals surface area contributed by atoms with Gasteiger partial charge in [-0.25, -0.2) is 14.8 Å². The summed E-state index contributed by atoms with van der Waals surface area (Å²) < 4.78 is 7.99. The summed E-state index contributed by atoms with van der Waals surface area (Å²) in [6, 6.07) is 5.72. The molecule has 9 nitrogen and oxygen atoms in total. The minimum Gasteiger partial charge on any atom is -0.495 e. The number of thioether (sulfide) groups is 1. The van der Waals surface area contributed by atoms with Crippen molar-refractivity contribution in [2.75, 3.05) is 18.2 Å². The molecule has 1 amide bonds. The van der Waals surface area contributed by atoms with E-state index >= 15 is 0 Å². The number of carbonyl (C=O) groups excluding carboxylic acids is 1. The van der Waals surface area contributed by atoms with Crippen molar-refractivity contribution in [3.8, 4) is 5.75 Å². The minimum absolute atomic E-state index is 0.0148. The van der Waals surface area contributed by atoms with Crippen molar-refractivity contribution in [3.05, 3.63) is 50.4 Å². The fourth-order valence-corrected chi connectivity index (χ4v) is 4.53. The van der Waals surface area contributed by atoms with Crippen LogP contribution in [-0.2, 0) is 23.8 Å². The second-order valence-corrected chi connectivity index (χ2v) is 10.9. The van der Waals surface area contributed by atoms with Gasteiger partial charge in [0.25, 0.3) is 5.56 Å². The molecule has 0 saturated carbocycles. The van der Waals surface area contributed by atoms with Gasteiger partial charge in [-0.3, -0.25) is 18.7 Å². The van der Waals surface area contributed by atoms with Crippen LogP contribution in [0.25, 0.3) is 11.0 Å². The Morgan fingerprint density at radius 1 is 1.20 bits per heavy atom. The zero-order chi connectivity index (χ0) is 26.1. The van der Waals surface area contributed by atoms with Crippen LogP contribution in [-0.4, -0.2) is 37.9 Å². The van der Waals surface area contributed by atoms with Crippen molar-refractivity contribution in [1.29, 1.82) is 0 Å². The van der Waals surface area contributed by atoms with Crippen LogP contribution in [0.1, 0.15) is 46.0 Å². The first-order valence-electron chi connectivity index (χ1n) is 11.4. The highest BCUT2D eigenvalue weighted by Crippen LogP contribution is 2.32. The Bertz CT molecular complexity index is 1390. The third kappa shape index (κ3) is 5.75. The van der Waals surface area contributed by atoms with Gasteiger partial charge in [-0.2, -0.15) is 0 Å². The molecule has 0 spiro atoms. The number of amides is 1. The number of hydrogen-bond acceptors (Lipinski definition) is 7. The Hall–Kier alpha value is -3.14. The summed E-state index contributed by atoms with van der Waals surface area (Å²) in [5, 5.41) is 3.52. The third-order valence-electron chi connectivity index (χ3n) is 5.49. The number of aromatic nitrogens is 4. The Labute approximate surface area is 208 Å². The van der Waals surface area contributed by atoms with Crippen molar-refractivity contribution in [2.24, 2.45) is 13.0 Å². The standard InChI is InChI=1S/C25H33N5O4S/c1-14(2)12-30-21-20(23(32)29(7)24(30)33)22(27-15(3)26-21)35-13-19(31)28-17-11-16(25(4,5)6)9-10-18(17)34-8/h9-11,14H,12-13H2,1-8H3,(H,28,31). The van der Waals surface area contributed by atoms with Gasteiger partial charge in [0.1, 0.15) is 22.0 Å². The largest absolute Gasteiger partial charge is 0.495 e. The number of methoxy groups -OCH3 is 1. The predicted molar refractivity (Wildman–Crippen MR) is 140 cm³/mol. The summed E-state index contributed by atoms with van der Waals surface area (Å²) in [4.78, 5) is 47.5. The number of nitrogens with one attached hydrogen (secondary N) is 1. The fraction of sp³-hybridized carbons (Fsp3) is 0.480. The lowest BCUT2D eigenvalue weighted by Crippen LogP contribution is -2.39. The molecule has 0 bridgehead atoms. The molecule has 2 aromatic heterocycles. The van der Waals surface area contributed by atoms with Gasteiger partial charge in [0, 0.05) is 13.6 Å². The topological polar surface area (TPSA) is 108 Å². The number of aryl methyl sites for hydroxylation is 1. The summed E-state index contributed by atoms with van der Waals surface area (Å²) >= 11 is 1.14. The number of rotatable bonds is 7. The molecular formula is C25H33N5O4S. The quantitative estimate of drug-likeness (QED) is 0.392. The second kappa shape index (κ2) is 10.2. The van der Waals surface area contributed by atoms with Gasteiger partial charge in [0.15, 0.2) is 5.65 Å². The van der Waals surface area contributed by atoms with Crippen molar-refractivity contribution in [2.45, 2.75) is 58.5 Å².